The lowest BCUT2D eigenvalue weighted by Crippen LogP contribution is -2.14. The van der Waals surface area contributed by atoms with Crippen LogP contribution in [0, 0.1) is 5.92 Å². The third-order valence-electron chi connectivity index (χ3n) is 11.0. The van der Waals surface area contributed by atoms with Crippen molar-refractivity contribution in [3.8, 4) is 0 Å². The molecule has 3 heteroatoms. The van der Waals surface area contributed by atoms with Gasteiger partial charge in [-0.05, 0) is 78.3 Å². The lowest BCUT2D eigenvalue weighted by Gasteiger charge is -2.27. The molecule has 0 fully saturated rings. The van der Waals surface area contributed by atoms with Gasteiger partial charge in [-0.25, -0.2) is 0 Å². The molecule has 0 saturated heterocycles. The molecule has 0 radical (unpaired) electrons. The van der Waals surface area contributed by atoms with Crippen LogP contribution in [0.25, 0.3) is 70.6 Å². The summed E-state index contributed by atoms with van der Waals surface area (Å²) in [5.41, 5.74) is 7.31. The van der Waals surface area contributed by atoms with Crippen molar-refractivity contribution in [2.75, 3.05) is 0 Å². The summed E-state index contributed by atoms with van der Waals surface area (Å²) < 4.78 is 6.52. The summed E-state index contributed by atoms with van der Waals surface area (Å²) in [5.74, 6) is 0.145. The van der Waals surface area contributed by atoms with E-state index in [-0.39, 0.29) is 12.0 Å². The molecule has 0 N–H and O–H groups in total. The summed E-state index contributed by atoms with van der Waals surface area (Å²) in [6.07, 6.45) is 4.01. The molecule has 2 atom stereocenters. The van der Waals surface area contributed by atoms with Gasteiger partial charge in [0.05, 0.1) is 11.1 Å². The van der Waals surface area contributed by atoms with E-state index in [0.29, 0.717) is 11.4 Å². The van der Waals surface area contributed by atoms with E-state index in [9.17, 15) is 0 Å². The highest BCUT2D eigenvalue weighted by Crippen LogP contribution is 2.47. The zero-order valence-electron chi connectivity index (χ0n) is 28.2. The number of benzene rings is 8. The van der Waals surface area contributed by atoms with Crippen molar-refractivity contribution >= 4 is 87.9 Å². The Hall–Kier alpha value is -5.70. The second-order valence-corrected chi connectivity index (χ2v) is 14.1. The standard InChI is InChI=1S/C48H34ClNO/c1-2-33-36(32-24-25-37-31(28-32)23-22-30-13-4-5-15-34(30)37)26-27-42(50-47(33)40-20-11-14-29-12-3-6-16-35(29)40)45-39-18-8-7-17-38(39)44-41-19-9-10-21-43(41)51-48(44)46(45)49/h3-26,28,33,47H,2,27H2,1H3. The maximum absolute atomic E-state index is 7.51. The van der Waals surface area contributed by atoms with Crippen molar-refractivity contribution < 1.29 is 4.42 Å². The Bertz CT molecular complexity index is 2910. The molecule has 51 heavy (non-hydrogen) atoms. The molecule has 8 aromatic carbocycles. The smallest absolute Gasteiger partial charge is 0.155 e. The van der Waals surface area contributed by atoms with Gasteiger partial charge in [0, 0.05) is 34.4 Å². The van der Waals surface area contributed by atoms with Crippen LogP contribution < -0.4 is 0 Å². The van der Waals surface area contributed by atoms with Gasteiger partial charge in [0.15, 0.2) is 5.58 Å². The van der Waals surface area contributed by atoms with E-state index in [4.69, 9.17) is 21.0 Å². The fourth-order valence-electron chi connectivity index (χ4n) is 8.67. The average Bonchev–Trinajstić information content (AvgIpc) is 3.48. The monoisotopic (exact) mass is 675 g/mol. The molecule has 0 saturated carbocycles. The number of para-hydroxylation sites is 1. The van der Waals surface area contributed by atoms with Gasteiger partial charge in [0.1, 0.15) is 5.58 Å². The summed E-state index contributed by atoms with van der Waals surface area (Å²) >= 11 is 7.51. The second kappa shape index (κ2) is 12.0. The van der Waals surface area contributed by atoms with Crippen LogP contribution in [0.5, 0.6) is 0 Å². The Labute approximate surface area is 301 Å². The Morgan fingerprint density at radius 2 is 1.27 bits per heavy atom. The first-order valence-electron chi connectivity index (χ1n) is 17.9. The number of aliphatic imine (C=N–C) groups is 1. The van der Waals surface area contributed by atoms with Gasteiger partial charge >= 0.3 is 0 Å². The van der Waals surface area contributed by atoms with Gasteiger partial charge in [-0.15, -0.1) is 0 Å². The van der Waals surface area contributed by atoms with Crippen LogP contribution in [0.3, 0.4) is 0 Å². The SMILES string of the molecule is CCC1C(c2ccc3c(ccc4ccccc43)c2)=CCC(c2c(Cl)c3oc4ccccc4c3c3ccccc23)=NC1c1cccc2ccccc12. The van der Waals surface area contributed by atoms with Crippen LogP contribution in [0.2, 0.25) is 5.02 Å². The fraction of sp³-hybridized carbons (Fsp3) is 0.104. The first kappa shape index (κ1) is 30.2. The quantitative estimate of drug-likeness (QED) is 0.170. The van der Waals surface area contributed by atoms with Gasteiger partial charge in [0.25, 0.3) is 0 Å². The molecule has 10 rings (SSSR count). The van der Waals surface area contributed by atoms with Crippen molar-refractivity contribution in [2.45, 2.75) is 25.8 Å². The van der Waals surface area contributed by atoms with Gasteiger partial charge in [-0.2, -0.15) is 0 Å². The largest absolute Gasteiger partial charge is 0.454 e. The summed E-state index contributed by atoms with van der Waals surface area (Å²) in [6.45, 7) is 2.30. The lowest BCUT2D eigenvalue weighted by molar-refractivity contribution is 0.528. The molecule has 0 amide bonds. The van der Waals surface area contributed by atoms with Crippen molar-refractivity contribution in [1.29, 1.82) is 0 Å². The maximum Gasteiger partial charge on any atom is 0.155 e. The molecule has 244 valence electrons. The third kappa shape index (κ3) is 4.74. The van der Waals surface area contributed by atoms with E-state index >= 15 is 0 Å². The van der Waals surface area contributed by atoms with E-state index in [1.807, 2.05) is 12.1 Å². The summed E-state index contributed by atoms with van der Waals surface area (Å²) in [4.78, 5) is 5.81. The van der Waals surface area contributed by atoms with Gasteiger partial charge < -0.3 is 4.42 Å². The number of hydrogen-bond donors (Lipinski definition) is 0. The van der Waals surface area contributed by atoms with E-state index < -0.39 is 0 Å². The summed E-state index contributed by atoms with van der Waals surface area (Å²) in [5, 5.41) is 12.5. The molecule has 2 nitrogen and oxygen atoms in total. The van der Waals surface area contributed by atoms with Crippen molar-refractivity contribution in [3.05, 3.63) is 173 Å². The number of furan rings is 1. The first-order chi connectivity index (χ1) is 25.2. The maximum atomic E-state index is 7.51. The molecule has 1 aromatic heterocycles. The van der Waals surface area contributed by atoms with Gasteiger partial charge in [-0.3, -0.25) is 4.99 Å². The molecule has 2 unspecified atom stereocenters. The Morgan fingerprint density at radius 1 is 0.627 bits per heavy atom. The predicted octanol–water partition coefficient (Wildman–Crippen LogP) is 13.9. The van der Waals surface area contributed by atoms with Crippen LogP contribution in [0.15, 0.2) is 161 Å². The Morgan fingerprint density at radius 3 is 2.10 bits per heavy atom. The molecule has 1 aliphatic rings. The Balaban J connectivity index is 1.23. The predicted molar refractivity (Wildman–Crippen MR) is 217 cm³/mol. The summed E-state index contributed by atoms with van der Waals surface area (Å²) in [6, 6.07) is 52.2. The molecule has 9 aromatic rings. The Kier molecular flexibility index (Phi) is 7.08. The van der Waals surface area contributed by atoms with E-state index in [0.717, 1.165) is 50.4 Å². The third-order valence-corrected chi connectivity index (χ3v) is 11.4. The minimum absolute atomic E-state index is 0.127. The number of fused-ring (bicyclic) bond motifs is 9. The van der Waals surface area contributed by atoms with Crippen LogP contribution in [0.4, 0.5) is 0 Å². The first-order valence-corrected chi connectivity index (χ1v) is 18.2. The van der Waals surface area contributed by atoms with Crippen molar-refractivity contribution in [1.82, 2.24) is 0 Å². The van der Waals surface area contributed by atoms with Crippen LogP contribution in [-0.4, -0.2) is 5.71 Å². The molecular formula is C48H34ClNO. The highest BCUT2D eigenvalue weighted by atomic mass is 35.5. The lowest BCUT2D eigenvalue weighted by atomic mass is 9.80. The fourth-order valence-corrected chi connectivity index (χ4v) is 9.01. The molecule has 1 aliphatic heterocycles. The average molecular weight is 676 g/mol. The van der Waals surface area contributed by atoms with Crippen LogP contribution in [-0.2, 0) is 0 Å². The van der Waals surface area contributed by atoms with Crippen molar-refractivity contribution in [2.24, 2.45) is 10.9 Å². The number of allylic oxidation sites excluding steroid dienone is 1. The molecular weight excluding hydrogens is 642 g/mol. The second-order valence-electron chi connectivity index (χ2n) is 13.7. The topological polar surface area (TPSA) is 25.5 Å². The van der Waals surface area contributed by atoms with Crippen molar-refractivity contribution in [3.63, 3.8) is 0 Å². The zero-order valence-corrected chi connectivity index (χ0v) is 29.0. The van der Waals surface area contributed by atoms with Crippen LogP contribution in [0.1, 0.15) is 42.5 Å². The number of hydrogen-bond acceptors (Lipinski definition) is 2. The zero-order chi connectivity index (χ0) is 34.1. The number of rotatable bonds is 4. The van der Waals surface area contributed by atoms with Gasteiger partial charge in [-0.1, -0.05) is 158 Å². The van der Waals surface area contributed by atoms with E-state index in [1.165, 1.54) is 49.0 Å². The number of halogens is 1. The molecule has 0 aliphatic carbocycles. The summed E-state index contributed by atoms with van der Waals surface area (Å²) in [7, 11) is 0. The van der Waals surface area contributed by atoms with E-state index in [1.54, 1.807) is 0 Å². The molecule has 0 bridgehead atoms. The molecule has 0 spiro atoms. The number of nitrogens with zero attached hydrogens (tertiary/aromatic N) is 1. The van der Waals surface area contributed by atoms with E-state index in [2.05, 4.69) is 146 Å². The highest BCUT2D eigenvalue weighted by Gasteiger charge is 2.31. The molecule has 2 heterocycles. The normalized spacial score (nSPS) is 16.7. The minimum atomic E-state index is -0.127. The van der Waals surface area contributed by atoms with Crippen LogP contribution >= 0.6 is 11.6 Å². The minimum Gasteiger partial charge on any atom is -0.454 e. The highest BCUT2D eigenvalue weighted by molar-refractivity contribution is 6.43. The van der Waals surface area contributed by atoms with Gasteiger partial charge in [0.2, 0.25) is 0 Å².